The van der Waals surface area contributed by atoms with Gasteiger partial charge in [0.15, 0.2) is 0 Å². The number of amides is 3. The van der Waals surface area contributed by atoms with Crippen LogP contribution in [0.1, 0.15) is 26.7 Å². The molecule has 2 rings (SSSR count). The van der Waals surface area contributed by atoms with Crippen molar-refractivity contribution in [1.29, 1.82) is 0 Å². The van der Waals surface area contributed by atoms with E-state index in [0.29, 0.717) is 24.5 Å². The highest BCUT2D eigenvalue weighted by molar-refractivity contribution is 6.10. The van der Waals surface area contributed by atoms with Crippen molar-refractivity contribution in [1.82, 2.24) is 4.90 Å². The molecule has 6 nitrogen and oxygen atoms in total. The number of hydrogen-bond donors (Lipinski definition) is 1. The zero-order valence-electron chi connectivity index (χ0n) is 13.0. The molecule has 1 aliphatic heterocycles. The van der Waals surface area contributed by atoms with E-state index in [9.17, 15) is 14.4 Å². The van der Waals surface area contributed by atoms with Crippen LogP contribution in [0.25, 0.3) is 0 Å². The van der Waals surface area contributed by atoms with Gasteiger partial charge in [0.1, 0.15) is 6.54 Å². The van der Waals surface area contributed by atoms with Gasteiger partial charge >= 0.3 is 0 Å². The fraction of sp³-hybridized carbons (Fsp3) is 0.438. The molecule has 0 atom stereocenters. The van der Waals surface area contributed by atoms with Crippen LogP contribution in [0.5, 0.6) is 0 Å². The van der Waals surface area contributed by atoms with Gasteiger partial charge in [-0.2, -0.15) is 0 Å². The van der Waals surface area contributed by atoms with Crippen LogP contribution in [0.15, 0.2) is 24.3 Å². The van der Waals surface area contributed by atoms with Gasteiger partial charge in [-0.05, 0) is 26.0 Å². The monoisotopic (exact) mass is 303 g/mol. The van der Waals surface area contributed by atoms with E-state index in [1.54, 1.807) is 23.1 Å². The van der Waals surface area contributed by atoms with Gasteiger partial charge in [-0.1, -0.05) is 12.1 Å². The maximum atomic E-state index is 12.4. The molecule has 1 N–H and O–H groups in total. The highest BCUT2D eigenvalue weighted by atomic mass is 16.2. The molecule has 0 saturated carbocycles. The maximum Gasteiger partial charge on any atom is 0.244 e. The normalized spacial score (nSPS) is 13.4. The lowest BCUT2D eigenvalue weighted by Crippen LogP contribution is -2.42. The summed E-state index contributed by atoms with van der Waals surface area (Å²) in [5.74, 6) is -0.460. The number of nitrogens with zero attached hydrogens (tertiary/aromatic N) is 2. The first kappa shape index (κ1) is 16.0. The minimum atomic E-state index is -0.220. The third-order valence-electron chi connectivity index (χ3n) is 3.74. The molecule has 1 heterocycles. The van der Waals surface area contributed by atoms with Crippen molar-refractivity contribution in [2.24, 2.45) is 0 Å². The molecule has 1 aromatic carbocycles. The molecule has 1 aromatic rings. The minimum Gasteiger partial charge on any atom is -0.343 e. The quantitative estimate of drug-likeness (QED) is 0.898. The standard InChI is InChI=1S/C16H21N3O3/c1-3-18(4-2)15(21)9-10-16(22)19-11-14(20)17-12-7-5-6-8-13(12)19/h5-8H,3-4,9-11H2,1-2H3,(H,17,20). The third-order valence-corrected chi connectivity index (χ3v) is 3.74. The van der Waals surface area contributed by atoms with Gasteiger partial charge in [0.25, 0.3) is 0 Å². The van der Waals surface area contributed by atoms with Crippen LogP contribution in [0.3, 0.4) is 0 Å². The Morgan fingerprint density at radius 3 is 2.55 bits per heavy atom. The Bertz CT molecular complexity index is 582. The van der Waals surface area contributed by atoms with Crippen molar-refractivity contribution in [3.63, 3.8) is 0 Å². The second-order valence-corrected chi connectivity index (χ2v) is 5.11. The van der Waals surface area contributed by atoms with E-state index < -0.39 is 0 Å². The Morgan fingerprint density at radius 2 is 1.86 bits per heavy atom. The van der Waals surface area contributed by atoms with Crippen molar-refractivity contribution in [3.05, 3.63) is 24.3 Å². The number of anilines is 2. The predicted octanol–water partition coefficient (Wildman–Crippen LogP) is 1.62. The lowest BCUT2D eigenvalue weighted by Gasteiger charge is -2.29. The molecule has 1 aliphatic rings. The number of carbonyl (C=O) groups excluding carboxylic acids is 3. The van der Waals surface area contributed by atoms with Crippen molar-refractivity contribution in [2.75, 3.05) is 29.9 Å². The molecular weight excluding hydrogens is 282 g/mol. The molecule has 22 heavy (non-hydrogen) atoms. The van der Waals surface area contributed by atoms with E-state index in [1.807, 2.05) is 19.9 Å². The van der Waals surface area contributed by atoms with Gasteiger partial charge in [0.05, 0.1) is 11.4 Å². The molecule has 118 valence electrons. The minimum absolute atomic E-state index is 0.00466. The largest absolute Gasteiger partial charge is 0.343 e. The number of rotatable bonds is 5. The molecule has 6 heteroatoms. The summed E-state index contributed by atoms with van der Waals surface area (Å²) in [7, 11) is 0. The number of hydrogen-bond acceptors (Lipinski definition) is 3. The van der Waals surface area contributed by atoms with E-state index in [0.717, 1.165) is 0 Å². The molecule has 0 unspecified atom stereocenters. The van der Waals surface area contributed by atoms with Crippen molar-refractivity contribution >= 4 is 29.1 Å². The average Bonchev–Trinajstić information content (AvgIpc) is 2.52. The summed E-state index contributed by atoms with van der Waals surface area (Å²) >= 11 is 0. The van der Waals surface area contributed by atoms with Crippen molar-refractivity contribution in [2.45, 2.75) is 26.7 Å². The second kappa shape index (κ2) is 7.06. The average molecular weight is 303 g/mol. The van der Waals surface area contributed by atoms with Gasteiger partial charge in [0.2, 0.25) is 17.7 Å². The third kappa shape index (κ3) is 3.44. The van der Waals surface area contributed by atoms with E-state index in [4.69, 9.17) is 0 Å². The molecule has 0 bridgehead atoms. The number of fused-ring (bicyclic) bond motifs is 1. The first-order valence-corrected chi connectivity index (χ1v) is 7.53. The fourth-order valence-corrected chi connectivity index (χ4v) is 2.54. The van der Waals surface area contributed by atoms with E-state index in [2.05, 4.69) is 5.32 Å². The van der Waals surface area contributed by atoms with Crippen LogP contribution < -0.4 is 10.2 Å². The van der Waals surface area contributed by atoms with Gasteiger partial charge < -0.3 is 15.1 Å². The highest BCUT2D eigenvalue weighted by Gasteiger charge is 2.26. The van der Waals surface area contributed by atoms with Crippen LogP contribution in [0.4, 0.5) is 11.4 Å². The number of para-hydroxylation sites is 2. The highest BCUT2D eigenvalue weighted by Crippen LogP contribution is 2.29. The second-order valence-electron chi connectivity index (χ2n) is 5.11. The molecule has 0 fully saturated rings. The molecule has 0 spiro atoms. The first-order valence-electron chi connectivity index (χ1n) is 7.53. The summed E-state index contributed by atoms with van der Waals surface area (Å²) in [5.41, 5.74) is 1.31. The Balaban J connectivity index is 2.04. The van der Waals surface area contributed by atoms with Crippen LogP contribution >= 0.6 is 0 Å². The summed E-state index contributed by atoms with van der Waals surface area (Å²) in [6, 6.07) is 7.17. The zero-order valence-corrected chi connectivity index (χ0v) is 13.0. The smallest absolute Gasteiger partial charge is 0.244 e. The van der Waals surface area contributed by atoms with Crippen LogP contribution in [0.2, 0.25) is 0 Å². The molecule has 0 saturated heterocycles. The number of carbonyl (C=O) groups is 3. The molecular formula is C16H21N3O3. The Hall–Kier alpha value is -2.37. The Labute approximate surface area is 130 Å². The molecule has 3 amide bonds. The van der Waals surface area contributed by atoms with E-state index in [1.165, 1.54) is 4.90 Å². The molecule has 0 aromatic heterocycles. The number of benzene rings is 1. The van der Waals surface area contributed by atoms with Gasteiger partial charge in [0, 0.05) is 25.9 Å². The lowest BCUT2D eigenvalue weighted by atomic mass is 10.1. The summed E-state index contributed by atoms with van der Waals surface area (Å²) < 4.78 is 0. The first-order chi connectivity index (χ1) is 10.6. The van der Waals surface area contributed by atoms with Gasteiger partial charge in [-0.25, -0.2) is 0 Å². The van der Waals surface area contributed by atoms with Crippen LogP contribution in [-0.4, -0.2) is 42.3 Å². The topological polar surface area (TPSA) is 69.7 Å². The predicted molar refractivity (Wildman–Crippen MR) is 84.6 cm³/mol. The van der Waals surface area contributed by atoms with Crippen molar-refractivity contribution in [3.8, 4) is 0 Å². The van der Waals surface area contributed by atoms with Crippen molar-refractivity contribution < 1.29 is 14.4 Å². The fourth-order valence-electron chi connectivity index (χ4n) is 2.54. The molecule has 0 radical (unpaired) electrons. The SMILES string of the molecule is CCN(CC)C(=O)CCC(=O)N1CC(=O)Nc2ccccc21. The summed E-state index contributed by atoms with van der Waals surface area (Å²) in [6.07, 6.45) is 0.276. The molecule has 0 aliphatic carbocycles. The zero-order chi connectivity index (χ0) is 16.1. The number of nitrogens with one attached hydrogen (secondary N) is 1. The summed E-state index contributed by atoms with van der Waals surface area (Å²) in [6.45, 7) is 5.09. The van der Waals surface area contributed by atoms with Gasteiger partial charge in [-0.3, -0.25) is 14.4 Å². The maximum absolute atomic E-state index is 12.4. The Morgan fingerprint density at radius 1 is 1.18 bits per heavy atom. The summed E-state index contributed by atoms with van der Waals surface area (Å²) in [5, 5.41) is 2.74. The summed E-state index contributed by atoms with van der Waals surface area (Å²) in [4.78, 5) is 39.2. The van der Waals surface area contributed by atoms with E-state index >= 15 is 0 Å². The van der Waals surface area contributed by atoms with Crippen LogP contribution in [0, 0.1) is 0 Å². The van der Waals surface area contributed by atoms with Crippen LogP contribution in [-0.2, 0) is 14.4 Å². The Kier molecular flexibility index (Phi) is 5.14. The lowest BCUT2D eigenvalue weighted by molar-refractivity contribution is -0.132. The van der Waals surface area contributed by atoms with E-state index in [-0.39, 0.29) is 37.1 Å². The van der Waals surface area contributed by atoms with Gasteiger partial charge in [-0.15, -0.1) is 0 Å².